The van der Waals surface area contributed by atoms with E-state index in [1.807, 2.05) is 26.0 Å². The minimum atomic E-state index is 0.0978. The lowest BCUT2D eigenvalue weighted by Crippen LogP contribution is -2.40. The van der Waals surface area contributed by atoms with Crippen LogP contribution in [-0.4, -0.2) is 25.0 Å². The fraction of sp³-hybridized carbons (Fsp3) is 0.588. The summed E-state index contributed by atoms with van der Waals surface area (Å²) in [6, 6.07) is 6.43. The molecule has 2 aliphatic rings. The van der Waals surface area contributed by atoms with Crippen LogP contribution in [0.5, 0.6) is 0 Å². The highest BCUT2D eigenvalue weighted by Gasteiger charge is 2.34. The molecule has 1 aromatic carbocycles. The second-order valence-electron chi connectivity index (χ2n) is 6.48. The van der Waals surface area contributed by atoms with Gasteiger partial charge in [-0.15, -0.1) is 0 Å². The van der Waals surface area contributed by atoms with Gasteiger partial charge in [-0.3, -0.25) is 4.79 Å². The van der Waals surface area contributed by atoms with Crippen LogP contribution >= 0.6 is 0 Å². The van der Waals surface area contributed by atoms with Crippen molar-refractivity contribution in [2.45, 2.75) is 39.2 Å². The Morgan fingerprint density at radius 2 is 2.00 bits per heavy atom. The normalized spacial score (nSPS) is 29.0. The van der Waals surface area contributed by atoms with Crippen molar-refractivity contribution in [3.05, 3.63) is 34.9 Å². The average molecular weight is 272 g/mol. The van der Waals surface area contributed by atoms with Gasteiger partial charge in [-0.05, 0) is 69.7 Å². The molecule has 3 heteroatoms. The van der Waals surface area contributed by atoms with Crippen LogP contribution < -0.4 is 10.6 Å². The predicted molar refractivity (Wildman–Crippen MR) is 80.9 cm³/mol. The van der Waals surface area contributed by atoms with E-state index in [2.05, 4.69) is 16.7 Å². The van der Waals surface area contributed by atoms with Gasteiger partial charge in [0.25, 0.3) is 5.91 Å². The molecule has 3 nitrogen and oxygen atoms in total. The highest BCUT2D eigenvalue weighted by molar-refractivity contribution is 5.96. The minimum Gasteiger partial charge on any atom is -0.349 e. The summed E-state index contributed by atoms with van der Waals surface area (Å²) in [5, 5.41) is 6.72. The SMILES string of the molecule is Cc1ccc(C)c(C(=O)NC2CC[C@H]3CNC[C@H]3C2)c1. The first-order valence-corrected chi connectivity index (χ1v) is 7.72. The van der Waals surface area contributed by atoms with E-state index in [4.69, 9.17) is 0 Å². The zero-order valence-electron chi connectivity index (χ0n) is 12.4. The summed E-state index contributed by atoms with van der Waals surface area (Å²) < 4.78 is 0. The van der Waals surface area contributed by atoms with E-state index in [1.165, 1.54) is 13.0 Å². The lowest BCUT2D eigenvalue weighted by molar-refractivity contribution is 0.0913. The second-order valence-corrected chi connectivity index (χ2v) is 6.48. The van der Waals surface area contributed by atoms with Crippen LogP contribution in [0.4, 0.5) is 0 Å². The Hall–Kier alpha value is -1.35. The van der Waals surface area contributed by atoms with Gasteiger partial charge in [-0.25, -0.2) is 0 Å². The van der Waals surface area contributed by atoms with Crippen LogP contribution in [0, 0.1) is 25.7 Å². The molecule has 108 valence electrons. The standard InChI is InChI=1S/C17H24N2O/c1-11-3-4-12(2)16(7-11)17(20)19-15-6-5-13-9-18-10-14(13)8-15/h3-4,7,13-15,18H,5-6,8-10H2,1-2H3,(H,19,20)/t13-,14+,15?/m0/s1. The molecule has 1 unspecified atom stereocenters. The third-order valence-electron chi connectivity index (χ3n) is 4.93. The molecule has 3 rings (SSSR count). The van der Waals surface area contributed by atoms with Gasteiger partial charge in [0.2, 0.25) is 0 Å². The van der Waals surface area contributed by atoms with Gasteiger partial charge in [-0.2, -0.15) is 0 Å². The molecule has 2 fully saturated rings. The summed E-state index contributed by atoms with van der Waals surface area (Å²) in [7, 11) is 0. The number of rotatable bonds is 2. The maximum atomic E-state index is 12.5. The zero-order chi connectivity index (χ0) is 14.1. The van der Waals surface area contributed by atoms with E-state index >= 15 is 0 Å². The van der Waals surface area contributed by atoms with E-state index in [0.29, 0.717) is 6.04 Å². The van der Waals surface area contributed by atoms with E-state index in [0.717, 1.165) is 47.9 Å². The number of carbonyl (C=O) groups is 1. The molecule has 1 amide bonds. The topological polar surface area (TPSA) is 41.1 Å². The quantitative estimate of drug-likeness (QED) is 0.868. The summed E-state index contributed by atoms with van der Waals surface area (Å²) >= 11 is 0. The first-order valence-electron chi connectivity index (χ1n) is 7.72. The molecule has 0 spiro atoms. The Balaban J connectivity index is 1.65. The van der Waals surface area contributed by atoms with E-state index in [1.54, 1.807) is 0 Å². The van der Waals surface area contributed by atoms with Crippen LogP contribution in [0.15, 0.2) is 18.2 Å². The summed E-state index contributed by atoms with van der Waals surface area (Å²) in [6.07, 6.45) is 3.50. The van der Waals surface area contributed by atoms with Gasteiger partial charge in [0.1, 0.15) is 0 Å². The van der Waals surface area contributed by atoms with Crippen molar-refractivity contribution >= 4 is 5.91 Å². The maximum Gasteiger partial charge on any atom is 0.251 e. The number of hydrogen-bond donors (Lipinski definition) is 2. The number of nitrogens with one attached hydrogen (secondary N) is 2. The molecule has 1 aliphatic heterocycles. The summed E-state index contributed by atoms with van der Waals surface area (Å²) in [5.74, 6) is 1.69. The number of carbonyl (C=O) groups excluding carboxylic acids is 1. The van der Waals surface area contributed by atoms with Crippen molar-refractivity contribution in [3.63, 3.8) is 0 Å². The van der Waals surface area contributed by atoms with E-state index < -0.39 is 0 Å². The van der Waals surface area contributed by atoms with E-state index in [9.17, 15) is 4.79 Å². The van der Waals surface area contributed by atoms with Crippen molar-refractivity contribution in [1.82, 2.24) is 10.6 Å². The summed E-state index contributed by atoms with van der Waals surface area (Å²) in [5.41, 5.74) is 3.03. The lowest BCUT2D eigenvalue weighted by Gasteiger charge is -2.31. The van der Waals surface area contributed by atoms with Crippen molar-refractivity contribution in [2.75, 3.05) is 13.1 Å². The third-order valence-corrected chi connectivity index (χ3v) is 4.93. The molecule has 3 atom stereocenters. The smallest absolute Gasteiger partial charge is 0.251 e. The molecule has 0 aromatic heterocycles. The van der Waals surface area contributed by atoms with Crippen LogP contribution in [0.3, 0.4) is 0 Å². The zero-order valence-corrected chi connectivity index (χ0v) is 12.4. The van der Waals surface area contributed by atoms with Crippen LogP contribution in [0.1, 0.15) is 40.7 Å². The number of fused-ring (bicyclic) bond motifs is 1. The summed E-state index contributed by atoms with van der Waals surface area (Å²) in [6.45, 7) is 6.33. The van der Waals surface area contributed by atoms with Crippen LogP contribution in [0.25, 0.3) is 0 Å². The molecule has 0 bridgehead atoms. The first kappa shape index (κ1) is 13.6. The Morgan fingerprint density at radius 1 is 1.20 bits per heavy atom. The molecule has 1 aliphatic carbocycles. The largest absolute Gasteiger partial charge is 0.349 e. The minimum absolute atomic E-state index is 0.0978. The number of hydrogen-bond acceptors (Lipinski definition) is 2. The fourth-order valence-electron chi connectivity index (χ4n) is 3.67. The van der Waals surface area contributed by atoms with Gasteiger partial charge in [0, 0.05) is 11.6 Å². The van der Waals surface area contributed by atoms with Crippen LogP contribution in [0.2, 0.25) is 0 Å². The fourth-order valence-corrected chi connectivity index (χ4v) is 3.67. The first-order chi connectivity index (χ1) is 9.63. The molecular formula is C17H24N2O. The number of aryl methyl sites for hydroxylation is 2. The summed E-state index contributed by atoms with van der Waals surface area (Å²) in [4.78, 5) is 12.5. The van der Waals surface area contributed by atoms with Gasteiger partial charge in [-0.1, -0.05) is 17.7 Å². The van der Waals surface area contributed by atoms with Crippen molar-refractivity contribution in [2.24, 2.45) is 11.8 Å². The van der Waals surface area contributed by atoms with Gasteiger partial charge < -0.3 is 10.6 Å². The van der Waals surface area contributed by atoms with Gasteiger partial charge in [0.15, 0.2) is 0 Å². The lowest BCUT2D eigenvalue weighted by atomic mass is 9.79. The molecule has 0 radical (unpaired) electrons. The Kier molecular flexibility index (Phi) is 3.79. The Labute approximate surface area is 121 Å². The molecule has 1 saturated carbocycles. The monoisotopic (exact) mass is 272 g/mol. The molecule has 1 heterocycles. The number of benzene rings is 1. The highest BCUT2D eigenvalue weighted by Crippen LogP contribution is 2.32. The van der Waals surface area contributed by atoms with Crippen molar-refractivity contribution in [3.8, 4) is 0 Å². The molecular weight excluding hydrogens is 248 g/mol. The Morgan fingerprint density at radius 3 is 2.85 bits per heavy atom. The number of amides is 1. The van der Waals surface area contributed by atoms with Gasteiger partial charge in [0.05, 0.1) is 0 Å². The second kappa shape index (κ2) is 5.57. The average Bonchev–Trinajstić information content (AvgIpc) is 2.89. The maximum absolute atomic E-state index is 12.5. The van der Waals surface area contributed by atoms with E-state index in [-0.39, 0.29) is 5.91 Å². The van der Waals surface area contributed by atoms with Crippen molar-refractivity contribution < 1.29 is 4.79 Å². The molecule has 1 aromatic rings. The molecule has 20 heavy (non-hydrogen) atoms. The van der Waals surface area contributed by atoms with Crippen molar-refractivity contribution in [1.29, 1.82) is 0 Å². The molecule has 2 N–H and O–H groups in total. The Bertz CT molecular complexity index is 512. The molecule has 1 saturated heterocycles. The third kappa shape index (κ3) is 2.73. The van der Waals surface area contributed by atoms with Crippen LogP contribution in [-0.2, 0) is 0 Å². The predicted octanol–water partition coefficient (Wildman–Crippen LogP) is 2.42. The van der Waals surface area contributed by atoms with Gasteiger partial charge >= 0.3 is 0 Å². The highest BCUT2D eigenvalue weighted by atomic mass is 16.1.